The van der Waals surface area contributed by atoms with Crippen LogP contribution in [0.25, 0.3) is 0 Å². The van der Waals surface area contributed by atoms with Gasteiger partial charge in [0.1, 0.15) is 36.6 Å². The maximum Gasteiger partial charge on any atom is 0.249 e. The molecule has 9 atom stereocenters. The zero-order valence-electron chi connectivity index (χ0n) is 51.4. The molecule has 11 heteroatoms. The van der Waals surface area contributed by atoms with Crippen LogP contribution in [0.5, 0.6) is 0 Å². The first-order chi connectivity index (χ1) is 38.7. The van der Waals surface area contributed by atoms with Crippen LogP contribution in [-0.4, -0.2) is 110 Å². The lowest BCUT2D eigenvalue weighted by molar-refractivity contribution is -0.303. The minimum Gasteiger partial charge on any atom is -0.394 e. The molecule has 0 aromatic rings. The largest absolute Gasteiger partial charge is 0.394 e. The molecule has 1 amide bonds. The maximum absolute atomic E-state index is 13.2. The monoisotopic (exact) mass is 1120 g/mol. The van der Waals surface area contributed by atoms with Crippen molar-refractivity contribution in [1.29, 1.82) is 0 Å². The second kappa shape index (κ2) is 56.8. The van der Waals surface area contributed by atoms with Crippen LogP contribution in [0.4, 0.5) is 0 Å². The van der Waals surface area contributed by atoms with Crippen molar-refractivity contribution >= 4 is 5.91 Å². The Labute approximate surface area is 486 Å². The highest BCUT2D eigenvalue weighted by Gasteiger charge is 2.44. The van der Waals surface area contributed by atoms with E-state index < -0.39 is 74.2 Å². The molecule has 0 spiro atoms. The molecule has 0 bridgehead atoms. The Balaban J connectivity index is 2.25. The number of carbonyl (C=O) groups is 1. The number of hydrogen-bond acceptors (Lipinski definition) is 10. The highest BCUT2D eigenvalue weighted by Crippen LogP contribution is 2.24. The van der Waals surface area contributed by atoms with Gasteiger partial charge in [0, 0.05) is 0 Å². The predicted octanol–water partition coefficient (Wildman–Crippen LogP) is 15.8. The van der Waals surface area contributed by atoms with Gasteiger partial charge in [-0.25, -0.2) is 0 Å². The zero-order chi connectivity index (χ0) is 57.5. The number of allylic oxidation sites excluding steroid dienone is 6. The molecule has 1 fully saturated rings. The quantitative estimate of drug-likeness (QED) is 0.0215. The number of aliphatic hydroxyl groups is 7. The third-order valence-electron chi connectivity index (χ3n) is 16.4. The number of amides is 1. The Hall–Kier alpha value is -1.67. The van der Waals surface area contributed by atoms with E-state index >= 15 is 0 Å². The van der Waals surface area contributed by atoms with Crippen molar-refractivity contribution < 1.29 is 50.0 Å². The van der Waals surface area contributed by atoms with Gasteiger partial charge in [-0.15, -0.1) is 0 Å². The molecule has 0 saturated carbocycles. The Morgan fingerprint density at radius 1 is 0.430 bits per heavy atom. The van der Waals surface area contributed by atoms with Gasteiger partial charge < -0.3 is 50.5 Å². The van der Waals surface area contributed by atoms with Gasteiger partial charge in [-0.2, -0.15) is 0 Å². The van der Waals surface area contributed by atoms with Gasteiger partial charge in [0.15, 0.2) is 6.29 Å². The molecule has 9 unspecified atom stereocenters. The Kier molecular flexibility index (Phi) is 54.2. The molecule has 1 heterocycles. The van der Waals surface area contributed by atoms with Crippen LogP contribution in [0.15, 0.2) is 36.5 Å². The molecule has 8 N–H and O–H groups in total. The SMILES string of the molecule is CCCCCCCCCCCCCC/C=C\CCCCCCCCCCCCCC(O)C(=O)NC(COC1OC(CO)C(O)C(O)C1O)C(O)C(O)CCC/C=C/CC/C=C/CCCCCCCCCCCCCCCCCC. The van der Waals surface area contributed by atoms with Crippen molar-refractivity contribution in [3.63, 3.8) is 0 Å². The van der Waals surface area contributed by atoms with Gasteiger partial charge >= 0.3 is 0 Å². The van der Waals surface area contributed by atoms with E-state index in [1.165, 1.54) is 238 Å². The fourth-order valence-corrected chi connectivity index (χ4v) is 10.9. The van der Waals surface area contributed by atoms with Crippen molar-refractivity contribution in [2.75, 3.05) is 13.2 Å². The highest BCUT2D eigenvalue weighted by atomic mass is 16.7. The lowest BCUT2D eigenvalue weighted by Gasteiger charge is -2.40. The van der Waals surface area contributed by atoms with E-state index in [4.69, 9.17) is 9.47 Å². The number of rotatable bonds is 59. The highest BCUT2D eigenvalue weighted by molar-refractivity contribution is 5.80. The first kappa shape index (κ1) is 75.3. The first-order valence-electron chi connectivity index (χ1n) is 33.9. The first-order valence-corrected chi connectivity index (χ1v) is 33.9. The minimum atomic E-state index is -1.67. The average molecular weight is 1120 g/mol. The van der Waals surface area contributed by atoms with Gasteiger partial charge in [-0.1, -0.05) is 281 Å². The fraction of sp³-hybridized carbons (Fsp3) is 0.897. The van der Waals surface area contributed by atoms with Gasteiger partial charge in [0.25, 0.3) is 0 Å². The second-order valence-electron chi connectivity index (χ2n) is 23.9. The van der Waals surface area contributed by atoms with E-state index in [1.807, 2.05) is 0 Å². The van der Waals surface area contributed by atoms with E-state index in [1.54, 1.807) is 0 Å². The van der Waals surface area contributed by atoms with Crippen LogP contribution in [0, 0.1) is 0 Å². The van der Waals surface area contributed by atoms with Crippen LogP contribution in [0.2, 0.25) is 0 Å². The van der Waals surface area contributed by atoms with E-state index in [0.29, 0.717) is 19.3 Å². The molecule has 1 aliphatic heterocycles. The van der Waals surface area contributed by atoms with E-state index in [-0.39, 0.29) is 12.8 Å². The zero-order valence-corrected chi connectivity index (χ0v) is 51.4. The summed E-state index contributed by atoms with van der Waals surface area (Å²) in [6.45, 7) is 3.49. The molecule has 0 radical (unpaired) electrons. The topological polar surface area (TPSA) is 189 Å². The number of ether oxygens (including phenoxy) is 2. The summed E-state index contributed by atoms with van der Waals surface area (Å²) >= 11 is 0. The van der Waals surface area contributed by atoms with Crippen LogP contribution < -0.4 is 5.32 Å². The number of carbonyl (C=O) groups excluding carboxylic acids is 1. The molecule has 1 rings (SSSR count). The summed E-state index contributed by atoms with van der Waals surface area (Å²) in [5, 5.41) is 76.4. The van der Waals surface area contributed by atoms with Crippen molar-refractivity contribution in [2.24, 2.45) is 0 Å². The Morgan fingerprint density at radius 2 is 0.759 bits per heavy atom. The summed E-state index contributed by atoms with van der Waals surface area (Å²) in [6.07, 6.45) is 60.8. The van der Waals surface area contributed by atoms with Crippen LogP contribution in [0.3, 0.4) is 0 Å². The van der Waals surface area contributed by atoms with E-state index in [0.717, 1.165) is 38.5 Å². The maximum atomic E-state index is 13.2. The predicted molar refractivity (Wildman–Crippen MR) is 330 cm³/mol. The third-order valence-corrected chi connectivity index (χ3v) is 16.4. The molecule has 466 valence electrons. The Morgan fingerprint density at radius 3 is 1.13 bits per heavy atom. The standard InChI is InChI=1S/C68H129NO10/c1-3-5-7-9-11-13-15-17-19-21-23-25-27-29-30-32-34-36-38-40-42-44-46-48-50-52-54-56-61(72)67(77)69-59(58-78-68-66(76)65(75)64(74)62(57-70)79-68)63(73)60(71)55-53-51-49-47-45-43-41-39-37-35-33-31-28-26-24-22-20-18-16-14-12-10-8-6-4-2/h29-30,39,41,47,49,59-66,68,70-76H,3-28,31-38,40,42-46,48,50-58H2,1-2H3,(H,69,77)/b30-29-,41-39+,49-47+. The van der Waals surface area contributed by atoms with E-state index in [9.17, 15) is 40.5 Å². The summed E-state index contributed by atoms with van der Waals surface area (Å²) in [6, 6.07) is -1.19. The molecule has 1 aliphatic rings. The molecule has 0 aliphatic carbocycles. The third kappa shape index (κ3) is 44.5. The summed E-state index contributed by atoms with van der Waals surface area (Å²) < 4.78 is 11.2. The molecule has 0 aromatic heterocycles. The molecule has 1 saturated heterocycles. The van der Waals surface area contributed by atoms with Gasteiger partial charge in [0.2, 0.25) is 5.91 Å². The summed E-state index contributed by atoms with van der Waals surface area (Å²) in [4.78, 5) is 13.2. The number of nitrogens with one attached hydrogen (secondary N) is 1. The minimum absolute atomic E-state index is 0.247. The van der Waals surface area contributed by atoms with Crippen LogP contribution in [-0.2, 0) is 14.3 Å². The normalized spacial score (nSPS) is 19.5. The number of unbranched alkanes of at least 4 members (excludes halogenated alkanes) is 41. The van der Waals surface area contributed by atoms with Gasteiger partial charge in [0.05, 0.1) is 25.4 Å². The van der Waals surface area contributed by atoms with Crippen molar-refractivity contribution in [3.8, 4) is 0 Å². The summed E-state index contributed by atoms with van der Waals surface area (Å²) in [7, 11) is 0. The summed E-state index contributed by atoms with van der Waals surface area (Å²) in [5.74, 6) is -0.707. The average Bonchev–Trinajstić information content (AvgIpc) is 3.46. The van der Waals surface area contributed by atoms with Gasteiger partial charge in [-0.3, -0.25) is 4.79 Å². The van der Waals surface area contributed by atoms with Crippen LogP contribution >= 0.6 is 0 Å². The molecular formula is C68H129NO10. The summed E-state index contributed by atoms with van der Waals surface area (Å²) in [5.41, 5.74) is 0. The molecular weight excluding hydrogens is 991 g/mol. The fourth-order valence-electron chi connectivity index (χ4n) is 10.9. The van der Waals surface area contributed by atoms with Crippen molar-refractivity contribution in [3.05, 3.63) is 36.5 Å². The van der Waals surface area contributed by atoms with Crippen LogP contribution in [0.1, 0.15) is 322 Å². The second-order valence-corrected chi connectivity index (χ2v) is 23.9. The molecule has 79 heavy (non-hydrogen) atoms. The van der Waals surface area contributed by atoms with Gasteiger partial charge in [-0.05, 0) is 77.0 Å². The lowest BCUT2D eigenvalue weighted by atomic mass is 9.98. The Bertz CT molecular complexity index is 1380. The van der Waals surface area contributed by atoms with Crippen molar-refractivity contribution in [2.45, 2.75) is 377 Å². The molecule has 11 nitrogen and oxygen atoms in total. The van der Waals surface area contributed by atoms with Crippen molar-refractivity contribution in [1.82, 2.24) is 5.32 Å². The smallest absolute Gasteiger partial charge is 0.249 e. The number of aliphatic hydroxyl groups excluding tert-OH is 7. The number of hydrogen-bond donors (Lipinski definition) is 8. The lowest BCUT2D eigenvalue weighted by Crippen LogP contribution is -2.60. The van der Waals surface area contributed by atoms with E-state index in [2.05, 4.69) is 55.6 Å². The molecule has 0 aromatic carbocycles.